The summed E-state index contributed by atoms with van der Waals surface area (Å²) in [6, 6.07) is 19.9. The number of hydrogen-bond acceptors (Lipinski definition) is 1. The maximum Gasteiger partial charge on any atom is 0.326 e. The molecule has 3 nitrogen and oxygen atoms in total. The zero-order valence-electron chi connectivity index (χ0n) is 15.2. The van der Waals surface area contributed by atoms with Gasteiger partial charge in [-0.1, -0.05) is 50.2 Å². The first kappa shape index (κ1) is 17.5. The minimum absolute atomic E-state index is 0.0367. The third kappa shape index (κ3) is 4.41. The maximum atomic E-state index is 13.0. The van der Waals surface area contributed by atoms with E-state index in [1.165, 1.54) is 12.8 Å². The standard InChI is InChI=1S/C22H28N2O/c1-17(2)18-13-15-19(16-14-18)23-22(25)24(20-9-5-3-6-10-20)21-11-7-4-8-12-21/h3-12,17-19H,13-16H2,1-2H3,(H,23,25). The average molecular weight is 336 g/mol. The van der Waals surface area contributed by atoms with Crippen molar-refractivity contribution in [2.75, 3.05) is 4.90 Å². The number of urea groups is 1. The maximum absolute atomic E-state index is 13.0. The summed E-state index contributed by atoms with van der Waals surface area (Å²) in [7, 11) is 0. The van der Waals surface area contributed by atoms with Crippen molar-refractivity contribution in [2.24, 2.45) is 11.8 Å². The number of hydrogen-bond donors (Lipinski definition) is 1. The van der Waals surface area contributed by atoms with Crippen molar-refractivity contribution in [3.05, 3.63) is 60.7 Å². The summed E-state index contributed by atoms with van der Waals surface area (Å²) in [6.45, 7) is 4.60. The fourth-order valence-electron chi connectivity index (χ4n) is 3.71. The van der Waals surface area contributed by atoms with E-state index >= 15 is 0 Å². The molecule has 2 aromatic rings. The Hall–Kier alpha value is -2.29. The molecule has 1 aliphatic carbocycles. The van der Waals surface area contributed by atoms with Gasteiger partial charge in [0.25, 0.3) is 0 Å². The minimum Gasteiger partial charge on any atom is -0.335 e. The van der Waals surface area contributed by atoms with Crippen LogP contribution in [0.4, 0.5) is 16.2 Å². The van der Waals surface area contributed by atoms with E-state index in [1.54, 1.807) is 4.90 Å². The first-order valence-corrected chi connectivity index (χ1v) is 9.36. The number of nitrogens with one attached hydrogen (secondary N) is 1. The second-order valence-electron chi connectivity index (χ2n) is 7.31. The Morgan fingerprint density at radius 2 is 1.36 bits per heavy atom. The van der Waals surface area contributed by atoms with E-state index in [4.69, 9.17) is 0 Å². The molecule has 0 unspecified atom stereocenters. The van der Waals surface area contributed by atoms with E-state index in [1.807, 2.05) is 60.7 Å². The molecule has 0 heterocycles. The van der Waals surface area contributed by atoms with Gasteiger partial charge in [0, 0.05) is 6.04 Å². The first-order chi connectivity index (χ1) is 12.1. The summed E-state index contributed by atoms with van der Waals surface area (Å²) in [6.07, 6.45) is 4.57. The molecule has 0 bridgehead atoms. The highest BCUT2D eigenvalue weighted by molar-refractivity contribution is 5.99. The van der Waals surface area contributed by atoms with Crippen molar-refractivity contribution in [1.82, 2.24) is 5.32 Å². The molecule has 0 radical (unpaired) electrons. The van der Waals surface area contributed by atoms with Crippen LogP contribution >= 0.6 is 0 Å². The molecule has 3 rings (SSSR count). The third-order valence-electron chi connectivity index (χ3n) is 5.27. The molecule has 1 saturated carbocycles. The summed E-state index contributed by atoms with van der Waals surface area (Å²) in [5.74, 6) is 1.54. The lowest BCUT2D eigenvalue weighted by atomic mass is 9.80. The summed E-state index contributed by atoms with van der Waals surface area (Å²) < 4.78 is 0. The number of para-hydroxylation sites is 2. The number of carbonyl (C=O) groups excluding carboxylic acids is 1. The minimum atomic E-state index is -0.0367. The van der Waals surface area contributed by atoms with Crippen LogP contribution in [-0.2, 0) is 0 Å². The van der Waals surface area contributed by atoms with E-state index in [0.717, 1.165) is 36.1 Å². The largest absolute Gasteiger partial charge is 0.335 e. The topological polar surface area (TPSA) is 32.3 Å². The first-order valence-electron chi connectivity index (χ1n) is 9.36. The zero-order chi connectivity index (χ0) is 17.6. The Bertz CT molecular complexity index is 621. The molecule has 0 aromatic heterocycles. The number of carbonyl (C=O) groups is 1. The highest BCUT2D eigenvalue weighted by atomic mass is 16.2. The van der Waals surface area contributed by atoms with Gasteiger partial charge in [0.2, 0.25) is 0 Å². The van der Waals surface area contributed by atoms with E-state index in [2.05, 4.69) is 19.2 Å². The summed E-state index contributed by atoms with van der Waals surface area (Å²) in [4.78, 5) is 14.8. The van der Waals surface area contributed by atoms with Crippen molar-refractivity contribution < 1.29 is 4.79 Å². The predicted octanol–water partition coefficient (Wildman–Crippen LogP) is 5.75. The summed E-state index contributed by atoms with van der Waals surface area (Å²) in [5.41, 5.74) is 1.78. The molecule has 0 aliphatic heterocycles. The quantitative estimate of drug-likeness (QED) is 0.757. The molecule has 0 atom stereocenters. The fourth-order valence-corrected chi connectivity index (χ4v) is 3.71. The van der Waals surface area contributed by atoms with Crippen molar-refractivity contribution in [2.45, 2.75) is 45.6 Å². The molecule has 1 N–H and O–H groups in total. The SMILES string of the molecule is CC(C)C1CCC(NC(=O)N(c2ccccc2)c2ccccc2)CC1. The average Bonchev–Trinajstić information content (AvgIpc) is 2.64. The molecule has 132 valence electrons. The van der Waals surface area contributed by atoms with E-state index in [-0.39, 0.29) is 12.1 Å². The van der Waals surface area contributed by atoms with Gasteiger partial charge < -0.3 is 5.32 Å². The smallest absolute Gasteiger partial charge is 0.326 e. The monoisotopic (exact) mass is 336 g/mol. The van der Waals surface area contributed by atoms with Crippen LogP contribution in [0.3, 0.4) is 0 Å². The van der Waals surface area contributed by atoms with E-state index in [9.17, 15) is 4.79 Å². The Morgan fingerprint density at radius 1 is 0.880 bits per heavy atom. The van der Waals surface area contributed by atoms with Crippen LogP contribution < -0.4 is 10.2 Å². The molecule has 2 amide bonds. The molecule has 1 fully saturated rings. The van der Waals surface area contributed by atoms with Crippen LogP contribution in [0, 0.1) is 11.8 Å². The highest BCUT2D eigenvalue weighted by Crippen LogP contribution is 2.31. The number of amides is 2. The molecule has 1 aliphatic rings. The second-order valence-corrected chi connectivity index (χ2v) is 7.31. The highest BCUT2D eigenvalue weighted by Gasteiger charge is 2.26. The number of rotatable bonds is 4. The Balaban J connectivity index is 1.73. The van der Waals surface area contributed by atoms with Crippen molar-refractivity contribution >= 4 is 17.4 Å². The van der Waals surface area contributed by atoms with Crippen LogP contribution in [-0.4, -0.2) is 12.1 Å². The van der Waals surface area contributed by atoms with Crippen molar-refractivity contribution in [3.63, 3.8) is 0 Å². The molecule has 25 heavy (non-hydrogen) atoms. The van der Waals surface area contributed by atoms with Gasteiger partial charge in [0.1, 0.15) is 0 Å². The summed E-state index contributed by atoms with van der Waals surface area (Å²) >= 11 is 0. The molecule has 0 saturated heterocycles. The molecular formula is C22H28N2O. The van der Waals surface area contributed by atoms with Crippen LogP contribution in [0.15, 0.2) is 60.7 Å². The van der Waals surface area contributed by atoms with E-state index in [0.29, 0.717) is 0 Å². The van der Waals surface area contributed by atoms with Crippen LogP contribution in [0.1, 0.15) is 39.5 Å². The van der Waals surface area contributed by atoms with E-state index < -0.39 is 0 Å². The van der Waals surface area contributed by atoms with Crippen molar-refractivity contribution in [1.29, 1.82) is 0 Å². The Morgan fingerprint density at radius 3 is 1.80 bits per heavy atom. The van der Waals surface area contributed by atoms with Gasteiger partial charge in [0.15, 0.2) is 0 Å². The van der Waals surface area contributed by atoms with Crippen LogP contribution in [0.5, 0.6) is 0 Å². The summed E-state index contributed by atoms with van der Waals surface area (Å²) in [5, 5.41) is 3.26. The second kappa shape index (κ2) is 8.19. The van der Waals surface area contributed by atoms with Gasteiger partial charge >= 0.3 is 6.03 Å². The van der Waals surface area contributed by atoms with Gasteiger partial charge in [-0.2, -0.15) is 0 Å². The van der Waals surface area contributed by atoms with Gasteiger partial charge in [-0.3, -0.25) is 4.90 Å². The lowest BCUT2D eigenvalue weighted by molar-refractivity contribution is 0.221. The molecule has 3 heteroatoms. The predicted molar refractivity (Wildman–Crippen MR) is 104 cm³/mol. The lowest BCUT2D eigenvalue weighted by Gasteiger charge is -2.33. The Kier molecular flexibility index (Phi) is 5.75. The fraction of sp³-hybridized carbons (Fsp3) is 0.409. The third-order valence-corrected chi connectivity index (χ3v) is 5.27. The van der Waals surface area contributed by atoms with Gasteiger partial charge in [-0.15, -0.1) is 0 Å². The number of anilines is 2. The van der Waals surface area contributed by atoms with Gasteiger partial charge in [0.05, 0.1) is 11.4 Å². The zero-order valence-corrected chi connectivity index (χ0v) is 15.2. The molecular weight excluding hydrogens is 308 g/mol. The number of benzene rings is 2. The molecule has 2 aromatic carbocycles. The van der Waals surface area contributed by atoms with Gasteiger partial charge in [-0.05, 0) is 61.8 Å². The van der Waals surface area contributed by atoms with Crippen LogP contribution in [0.25, 0.3) is 0 Å². The Labute approximate surface area is 151 Å². The van der Waals surface area contributed by atoms with Crippen LogP contribution in [0.2, 0.25) is 0 Å². The normalized spacial score (nSPS) is 20.3. The number of nitrogens with zero attached hydrogens (tertiary/aromatic N) is 1. The van der Waals surface area contributed by atoms with Crippen molar-refractivity contribution in [3.8, 4) is 0 Å². The van der Waals surface area contributed by atoms with Gasteiger partial charge in [-0.25, -0.2) is 4.79 Å². The lowest BCUT2D eigenvalue weighted by Crippen LogP contribution is -2.44. The molecule has 0 spiro atoms.